The van der Waals surface area contributed by atoms with Gasteiger partial charge in [0.25, 0.3) is 8.48 Å². The number of rotatable bonds is 5. The number of hydrogen-bond donors (Lipinski definition) is 2. The fourth-order valence-electron chi connectivity index (χ4n) is 0.905. The van der Waals surface area contributed by atoms with E-state index in [0.29, 0.717) is 0 Å². The Kier molecular flexibility index (Phi) is 5.24. The maximum Gasteiger partial charge on any atom is 0.259 e. The average molecular weight is 191 g/mol. The van der Waals surface area contributed by atoms with Crippen molar-refractivity contribution >= 4 is 17.3 Å². The quantitative estimate of drug-likeness (QED) is 0.505. The molecule has 0 amide bonds. The normalized spacial score (nSPS) is 12.5. The Morgan fingerprint density at radius 3 is 2.27 bits per heavy atom. The Balaban J connectivity index is 3.15. The zero-order chi connectivity index (χ0) is 8.91. The molecule has 0 atom stereocenters. The Morgan fingerprint density at radius 1 is 1.36 bits per heavy atom. The van der Waals surface area contributed by atoms with Crippen LogP contribution in [0.1, 0.15) is 6.42 Å². The Morgan fingerprint density at radius 2 is 1.91 bits per heavy atom. The lowest BCUT2D eigenvalue weighted by atomic mass is 10.5. The van der Waals surface area contributed by atoms with Crippen LogP contribution in [0.4, 0.5) is 0 Å². The van der Waals surface area contributed by atoms with Crippen molar-refractivity contribution in [3.05, 3.63) is 0 Å². The molecule has 0 aliphatic rings. The lowest BCUT2D eigenvalue weighted by Gasteiger charge is -2.15. The summed E-state index contributed by atoms with van der Waals surface area (Å²) in [5, 5.41) is 0. The Bertz CT molecular complexity index is 101. The van der Waals surface area contributed by atoms with Gasteiger partial charge in [0.15, 0.2) is 0 Å². The van der Waals surface area contributed by atoms with E-state index in [9.17, 15) is 4.80 Å². The van der Waals surface area contributed by atoms with E-state index in [0.717, 1.165) is 6.54 Å². The van der Waals surface area contributed by atoms with Crippen molar-refractivity contribution in [2.75, 3.05) is 6.54 Å². The van der Waals surface area contributed by atoms with Crippen LogP contribution in [0.25, 0.3) is 0 Å². The van der Waals surface area contributed by atoms with Crippen LogP contribution in [0, 0.1) is 0 Å². The van der Waals surface area contributed by atoms with Crippen LogP contribution >= 0.6 is 0 Å². The molecule has 0 aromatic carbocycles. The van der Waals surface area contributed by atoms with Crippen molar-refractivity contribution < 1.29 is 4.80 Å². The lowest BCUT2D eigenvalue weighted by molar-refractivity contribution is 0.523. The first-order valence-electron chi connectivity index (χ1n) is 4.39. The summed E-state index contributed by atoms with van der Waals surface area (Å²) in [6, 6.07) is 1.39. The third-order valence-electron chi connectivity index (χ3n) is 1.52. The van der Waals surface area contributed by atoms with Crippen molar-refractivity contribution in [1.82, 2.24) is 4.98 Å². The van der Waals surface area contributed by atoms with Crippen molar-refractivity contribution in [1.29, 1.82) is 0 Å². The lowest BCUT2D eigenvalue weighted by Crippen LogP contribution is -2.45. The molecule has 0 rings (SSSR count). The third kappa shape index (κ3) is 10.4. The first-order chi connectivity index (χ1) is 4.92. The minimum atomic E-state index is -1.96. The molecular formula is C7H21NOSi2. The second-order valence-corrected chi connectivity index (χ2v) is 10.9. The smallest absolute Gasteiger partial charge is 0.259 e. The standard InChI is InChI=1S/C7H21NOSi2/c1-10(2)7-5-6-8-11(3,4)9/h8-10H,5-7H2,1-4H3. The van der Waals surface area contributed by atoms with Crippen LogP contribution in [-0.2, 0) is 0 Å². The molecule has 0 spiro atoms. The molecule has 0 saturated carbocycles. The number of nitrogens with one attached hydrogen (secondary N) is 1. The second kappa shape index (κ2) is 5.08. The van der Waals surface area contributed by atoms with Gasteiger partial charge in [0.1, 0.15) is 0 Å². The fraction of sp³-hybridized carbons (Fsp3) is 1.00. The second-order valence-electron chi connectivity index (χ2n) is 4.02. The van der Waals surface area contributed by atoms with Gasteiger partial charge in [-0.2, -0.15) is 0 Å². The highest BCUT2D eigenvalue weighted by atomic mass is 28.4. The van der Waals surface area contributed by atoms with E-state index in [2.05, 4.69) is 18.1 Å². The molecule has 0 aliphatic carbocycles. The van der Waals surface area contributed by atoms with Gasteiger partial charge in [0.05, 0.1) is 0 Å². The van der Waals surface area contributed by atoms with Crippen molar-refractivity contribution in [2.24, 2.45) is 0 Å². The summed E-state index contributed by atoms with van der Waals surface area (Å²) < 4.78 is 0. The van der Waals surface area contributed by atoms with E-state index >= 15 is 0 Å². The fourth-order valence-corrected chi connectivity index (χ4v) is 2.71. The van der Waals surface area contributed by atoms with Crippen molar-refractivity contribution in [3.63, 3.8) is 0 Å². The molecule has 0 saturated heterocycles. The molecule has 0 heterocycles. The van der Waals surface area contributed by atoms with Gasteiger partial charge in [-0.1, -0.05) is 19.1 Å². The van der Waals surface area contributed by atoms with Crippen LogP contribution in [0.15, 0.2) is 0 Å². The largest absolute Gasteiger partial charge is 0.419 e. The first-order valence-corrected chi connectivity index (χ1v) is 10.5. The van der Waals surface area contributed by atoms with Crippen molar-refractivity contribution in [3.8, 4) is 0 Å². The molecule has 11 heavy (non-hydrogen) atoms. The van der Waals surface area contributed by atoms with Gasteiger partial charge in [-0.05, 0) is 26.1 Å². The minimum absolute atomic E-state index is 0.362. The summed E-state index contributed by atoms with van der Waals surface area (Å²) in [5.41, 5.74) is 0. The van der Waals surface area contributed by atoms with E-state index in [1.807, 2.05) is 13.1 Å². The zero-order valence-corrected chi connectivity index (χ0v) is 10.3. The number of hydrogen-bond acceptors (Lipinski definition) is 2. The molecule has 0 aliphatic heterocycles. The molecule has 0 bridgehead atoms. The van der Waals surface area contributed by atoms with E-state index in [4.69, 9.17) is 0 Å². The summed E-state index contributed by atoms with van der Waals surface area (Å²) >= 11 is 0. The maximum atomic E-state index is 9.42. The molecule has 0 radical (unpaired) electrons. The van der Waals surface area contributed by atoms with Crippen LogP contribution in [0.5, 0.6) is 0 Å². The highest BCUT2D eigenvalue weighted by molar-refractivity contribution is 6.67. The molecule has 0 unspecified atom stereocenters. The molecule has 2 nitrogen and oxygen atoms in total. The van der Waals surface area contributed by atoms with Crippen molar-refractivity contribution in [2.45, 2.75) is 38.7 Å². The van der Waals surface area contributed by atoms with Crippen LogP contribution in [0.3, 0.4) is 0 Å². The SMILES string of the molecule is C[SiH](C)CCCN[Si](C)(C)O. The maximum absolute atomic E-state index is 9.42. The van der Waals surface area contributed by atoms with Crippen LogP contribution < -0.4 is 4.98 Å². The van der Waals surface area contributed by atoms with Gasteiger partial charge in [0.2, 0.25) is 0 Å². The Labute approximate surface area is 72.8 Å². The highest BCUT2D eigenvalue weighted by Crippen LogP contribution is 1.97. The molecular weight excluding hydrogens is 170 g/mol. The predicted octanol–water partition coefficient (Wildman–Crippen LogP) is 1.15. The first kappa shape index (κ1) is 11.4. The van der Waals surface area contributed by atoms with Gasteiger partial charge >= 0.3 is 0 Å². The molecule has 68 valence electrons. The van der Waals surface area contributed by atoms with Gasteiger partial charge in [-0.3, -0.25) is 0 Å². The molecule has 0 fully saturated rings. The molecule has 0 aromatic rings. The summed E-state index contributed by atoms with van der Waals surface area (Å²) in [7, 11) is -2.33. The molecule has 2 N–H and O–H groups in total. The molecule has 0 aromatic heterocycles. The highest BCUT2D eigenvalue weighted by Gasteiger charge is 2.14. The summed E-state index contributed by atoms with van der Waals surface area (Å²) in [5.74, 6) is 0. The Hall–Kier alpha value is 0.354. The van der Waals surface area contributed by atoms with E-state index in [1.165, 1.54) is 12.5 Å². The van der Waals surface area contributed by atoms with Crippen LogP contribution in [-0.4, -0.2) is 28.6 Å². The van der Waals surface area contributed by atoms with E-state index < -0.39 is 8.48 Å². The molecule has 4 heteroatoms. The summed E-state index contributed by atoms with van der Waals surface area (Å²) in [6.07, 6.45) is 1.24. The van der Waals surface area contributed by atoms with Gasteiger partial charge in [0, 0.05) is 8.80 Å². The minimum Gasteiger partial charge on any atom is -0.419 e. The average Bonchev–Trinajstić information content (AvgIpc) is 1.78. The van der Waals surface area contributed by atoms with E-state index in [-0.39, 0.29) is 8.80 Å². The van der Waals surface area contributed by atoms with Gasteiger partial charge < -0.3 is 9.78 Å². The predicted molar refractivity (Wildman–Crippen MR) is 56.0 cm³/mol. The monoisotopic (exact) mass is 191 g/mol. The summed E-state index contributed by atoms with van der Waals surface area (Å²) in [6.45, 7) is 9.56. The summed E-state index contributed by atoms with van der Waals surface area (Å²) in [4.78, 5) is 12.6. The van der Waals surface area contributed by atoms with Gasteiger partial charge in [-0.15, -0.1) is 0 Å². The van der Waals surface area contributed by atoms with Crippen LogP contribution in [0.2, 0.25) is 32.2 Å². The zero-order valence-electron chi connectivity index (χ0n) is 8.15. The third-order valence-corrected chi connectivity index (χ3v) is 4.19. The topological polar surface area (TPSA) is 32.3 Å². The van der Waals surface area contributed by atoms with E-state index in [1.54, 1.807) is 0 Å². The van der Waals surface area contributed by atoms with Gasteiger partial charge in [-0.25, -0.2) is 0 Å².